The number of benzene rings is 2. The molecule has 0 unspecified atom stereocenters. The zero-order chi connectivity index (χ0) is 34.1. The monoisotopic (exact) mass is 672 g/mol. The Morgan fingerprint density at radius 1 is 0.857 bits per heavy atom. The lowest BCUT2D eigenvalue weighted by Gasteiger charge is -2.42. The van der Waals surface area contributed by atoms with Gasteiger partial charge in [-0.2, -0.15) is 0 Å². The molecule has 2 aromatic carbocycles. The van der Waals surface area contributed by atoms with Crippen molar-refractivity contribution in [2.24, 2.45) is 0 Å². The lowest BCUT2D eigenvalue weighted by Crippen LogP contribution is -2.54. The number of para-hydroxylation sites is 1. The van der Waals surface area contributed by atoms with Crippen LogP contribution in [0, 0.1) is 6.92 Å². The first-order valence-electron chi connectivity index (χ1n) is 17.8. The number of piperidine rings is 2. The van der Waals surface area contributed by atoms with Crippen molar-refractivity contribution in [3.05, 3.63) is 63.6 Å². The third kappa shape index (κ3) is 7.32. The fraction of sp³-hybridized carbons (Fsp3) is 0.556. The number of hydrogen-bond acceptors (Lipinski definition) is 7. The van der Waals surface area contributed by atoms with Crippen molar-refractivity contribution < 1.29 is 19.1 Å². The second-order valence-corrected chi connectivity index (χ2v) is 14.1. The highest BCUT2D eigenvalue weighted by molar-refractivity contribution is 5.91. The number of amides is 4. The number of urea groups is 1. The normalized spacial score (nSPS) is 20.9. The Hall–Kier alpha value is -4.36. The van der Waals surface area contributed by atoms with Gasteiger partial charge in [0.05, 0.1) is 11.0 Å². The predicted octanol–water partition coefficient (Wildman–Crippen LogP) is 3.01. The van der Waals surface area contributed by atoms with Crippen molar-refractivity contribution in [2.75, 3.05) is 71.3 Å². The van der Waals surface area contributed by atoms with E-state index in [1.54, 1.807) is 4.90 Å². The first kappa shape index (κ1) is 33.2. The quantitative estimate of drug-likeness (QED) is 0.366. The molecule has 3 N–H and O–H groups in total. The number of carbonyl (C=O) groups excluding carboxylic acids is 3. The summed E-state index contributed by atoms with van der Waals surface area (Å²) in [5.74, 6) is -0.179. The molecule has 0 spiro atoms. The number of fused-ring (bicyclic) bond motifs is 2. The number of rotatable bonds is 6. The maximum Gasteiger partial charge on any atom is 0.410 e. The van der Waals surface area contributed by atoms with Crippen molar-refractivity contribution in [2.45, 2.75) is 63.6 Å². The lowest BCUT2D eigenvalue weighted by atomic mass is 9.99. The van der Waals surface area contributed by atoms with Crippen LogP contribution in [0.25, 0.3) is 11.0 Å². The van der Waals surface area contributed by atoms with Gasteiger partial charge in [0.25, 0.3) is 5.91 Å². The van der Waals surface area contributed by atoms with Gasteiger partial charge in [0.2, 0.25) is 0 Å². The minimum Gasteiger partial charge on any atom is -0.436 e. The highest BCUT2D eigenvalue weighted by atomic mass is 16.6. The van der Waals surface area contributed by atoms with E-state index in [2.05, 4.69) is 32.1 Å². The molecule has 262 valence electrons. The second kappa shape index (κ2) is 14.2. The molecular weight excluding hydrogens is 624 g/mol. The number of nitrogens with one attached hydrogen (secondary N) is 3. The molecule has 7 rings (SSSR count). The Kier molecular flexibility index (Phi) is 9.64. The van der Waals surface area contributed by atoms with Crippen molar-refractivity contribution >= 4 is 34.8 Å². The number of likely N-dealkylation sites (N-methyl/N-ethyl adjacent to an activating group) is 1. The van der Waals surface area contributed by atoms with E-state index in [-0.39, 0.29) is 30.1 Å². The largest absolute Gasteiger partial charge is 0.436 e. The SMILES string of the molecule is Cc1cc(C[C@@H](OC(=O)N2CCC(N3CCc4ccccc4NC3=O)CC2)C(=O)N2CCC(N3CCN(C)CC3)CC2)cc2[nH]c(=O)[nH]c12. The minimum atomic E-state index is -0.997. The number of aromatic nitrogens is 2. The molecule has 4 aliphatic heterocycles. The van der Waals surface area contributed by atoms with Crippen LogP contribution in [0.3, 0.4) is 0 Å². The summed E-state index contributed by atoms with van der Waals surface area (Å²) in [5.41, 5.74) is 4.76. The van der Waals surface area contributed by atoms with Crippen LogP contribution in [-0.2, 0) is 22.4 Å². The molecule has 13 nitrogen and oxygen atoms in total. The van der Waals surface area contributed by atoms with Gasteiger partial charge in [-0.05, 0) is 74.9 Å². The second-order valence-electron chi connectivity index (χ2n) is 14.1. The van der Waals surface area contributed by atoms with E-state index in [1.807, 2.05) is 53.1 Å². The Balaban J connectivity index is 1.01. The molecule has 0 saturated carbocycles. The van der Waals surface area contributed by atoms with Gasteiger partial charge in [-0.25, -0.2) is 14.4 Å². The number of anilines is 1. The van der Waals surface area contributed by atoms with Crippen molar-refractivity contribution in [1.29, 1.82) is 0 Å². The number of aromatic amines is 2. The molecule has 4 amide bonds. The first-order chi connectivity index (χ1) is 23.7. The van der Waals surface area contributed by atoms with E-state index in [0.717, 1.165) is 73.3 Å². The number of H-pyrrole nitrogens is 2. The lowest BCUT2D eigenvalue weighted by molar-refractivity contribution is -0.142. The van der Waals surface area contributed by atoms with Crippen LogP contribution >= 0.6 is 0 Å². The van der Waals surface area contributed by atoms with Crippen molar-refractivity contribution in [3.8, 4) is 0 Å². The van der Waals surface area contributed by atoms with E-state index >= 15 is 0 Å². The molecule has 3 aromatic rings. The van der Waals surface area contributed by atoms with Crippen LogP contribution in [0.15, 0.2) is 41.2 Å². The molecule has 3 saturated heterocycles. The number of nitrogens with zero attached hydrogens (tertiary/aromatic N) is 5. The summed E-state index contributed by atoms with van der Waals surface area (Å²) < 4.78 is 6.09. The molecule has 0 aliphatic carbocycles. The summed E-state index contributed by atoms with van der Waals surface area (Å²) in [6.45, 7) is 8.87. The fourth-order valence-electron chi connectivity index (χ4n) is 8.04. The number of hydrogen-bond donors (Lipinski definition) is 3. The molecule has 4 aliphatic rings. The highest BCUT2D eigenvalue weighted by Gasteiger charge is 2.36. The summed E-state index contributed by atoms with van der Waals surface area (Å²) >= 11 is 0. The van der Waals surface area contributed by atoms with Crippen LogP contribution in [0.2, 0.25) is 0 Å². The molecule has 1 aromatic heterocycles. The van der Waals surface area contributed by atoms with Gasteiger partial charge < -0.3 is 39.6 Å². The smallest absolute Gasteiger partial charge is 0.410 e. The van der Waals surface area contributed by atoms with Crippen LogP contribution in [0.1, 0.15) is 42.4 Å². The van der Waals surface area contributed by atoms with Crippen molar-refractivity contribution in [1.82, 2.24) is 34.5 Å². The standard InChI is InChI=1S/C36H48N8O5/c1-24-21-25(22-30-32(24)39-34(46)37-30)23-31(33(45)42-12-8-27(9-13-42)41-19-17-40(2)18-20-41)49-36(48)43-14-10-28(11-15-43)44-16-7-26-5-3-4-6-29(26)38-35(44)47/h3-6,21-22,27-28,31H,7-20,23H2,1-2H3,(H,38,47)(H2,37,39,46)/t31-/m1/s1. The van der Waals surface area contributed by atoms with E-state index in [1.165, 1.54) is 0 Å². The summed E-state index contributed by atoms with van der Waals surface area (Å²) in [6, 6.07) is 12.0. The Morgan fingerprint density at radius 3 is 2.31 bits per heavy atom. The van der Waals surface area contributed by atoms with Gasteiger partial charge >= 0.3 is 17.8 Å². The van der Waals surface area contributed by atoms with Crippen LogP contribution < -0.4 is 11.0 Å². The molecule has 49 heavy (non-hydrogen) atoms. The van der Waals surface area contributed by atoms with Crippen LogP contribution in [0.4, 0.5) is 15.3 Å². The summed E-state index contributed by atoms with van der Waals surface area (Å²) in [6.07, 6.45) is 2.53. The molecule has 1 atom stereocenters. The zero-order valence-electron chi connectivity index (χ0n) is 28.6. The van der Waals surface area contributed by atoms with Crippen LogP contribution in [-0.4, -0.2) is 137 Å². The fourth-order valence-corrected chi connectivity index (χ4v) is 8.04. The van der Waals surface area contributed by atoms with E-state index in [4.69, 9.17) is 4.74 Å². The van der Waals surface area contributed by atoms with E-state index in [9.17, 15) is 19.2 Å². The predicted molar refractivity (Wildman–Crippen MR) is 187 cm³/mol. The highest BCUT2D eigenvalue weighted by Crippen LogP contribution is 2.26. The maximum atomic E-state index is 14.1. The van der Waals surface area contributed by atoms with Gasteiger partial charge in [-0.1, -0.05) is 24.3 Å². The van der Waals surface area contributed by atoms with Gasteiger partial charge in [0.15, 0.2) is 6.10 Å². The summed E-state index contributed by atoms with van der Waals surface area (Å²) in [4.78, 5) is 68.9. The minimum absolute atomic E-state index is 0.00981. The van der Waals surface area contributed by atoms with E-state index in [0.29, 0.717) is 57.1 Å². The number of carbonyl (C=O) groups is 3. The number of ether oxygens (including phenoxy) is 1. The third-order valence-corrected chi connectivity index (χ3v) is 11.0. The third-order valence-electron chi connectivity index (χ3n) is 11.0. The molecule has 3 fully saturated rings. The Bertz CT molecular complexity index is 1730. The van der Waals surface area contributed by atoms with Gasteiger partial charge in [0.1, 0.15) is 0 Å². The van der Waals surface area contributed by atoms with Crippen molar-refractivity contribution in [3.63, 3.8) is 0 Å². The number of piperazine rings is 1. The number of imidazole rings is 1. The molecule has 0 bridgehead atoms. The summed E-state index contributed by atoms with van der Waals surface area (Å²) in [7, 11) is 2.16. The average Bonchev–Trinajstić information content (AvgIpc) is 3.40. The summed E-state index contributed by atoms with van der Waals surface area (Å²) in [5, 5.41) is 3.05. The zero-order valence-corrected chi connectivity index (χ0v) is 28.6. The Labute approximate surface area is 286 Å². The number of aryl methyl sites for hydroxylation is 1. The number of likely N-dealkylation sites (tertiary alicyclic amines) is 2. The van der Waals surface area contributed by atoms with E-state index < -0.39 is 12.2 Å². The average molecular weight is 673 g/mol. The molecule has 13 heteroatoms. The van der Waals surface area contributed by atoms with Gasteiger partial charge in [0, 0.05) is 83.1 Å². The molecule has 0 radical (unpaired) electrons. The van der Waals surface area contributed by atoms with Crippen LogP contribution in [0.5, 0.6) is 0 Å². The maximum absolute atomic E-state index is 14.1. The molecular formula is C36H48N8O5. The first-order valence-corrected chi connectivity index (χ1v) is 17.8. The Morgan fingerprint density at radius 2 is 1.55 bits per heavy atom. The topological polar surface area (TPSA) is 137 Å². The van der Waals surface area contributed by atoms with Gasteiger partial charge in [-0.3, -0.25) is 9.69 Å². The van der Waals surface area contributed by atoms with Gasteiger partial charge in [-0.15, -0.1) is 0 Å². The molecule has 5 heterocycles.